The van der Waals surface area contributed by atoms with Gasteiger partial charge in [0.1, 0.15) is 0 Å². The minimum Gasteiger partial charge on any atom is -0.501 e. The lowest BCUT2D eigenvalue weighted by molar-refractivity contribution is -0.154. The second kappa shape index (κ2) is 5.13. The Balaban J connectivity index is 1.92. The molecule has 0 atom stereocenters. The summed E-state index contributed by atoms with van der Waals surface area (Å²) >= 11 is 0. The molecular formula is C14H22O3. The largest absolute Gasteiger partial charge is 0.501 e. The monoisotopic (exact) mass is 238 g/mol. The Morgan fingerprint density at radius 1 is 0.941 bits per heavy atom. The summed E-state index contributed by atoms with van der Waals surface area (Å²) in [7, 11) is 0. The quantitative estimate of drug-likeness (QED) is 0.666. The van der Waals surface area contributed by atoms with Gasteiger partial charge >= 0.3 is 0 Å². The lowest BCUT2D eigenvalue weighted by Crippen LogP contribution is -2.49. The lowest BCUT2D eigenvalue weighted by Gasteiger charge is -2.50. The molecular weight excluding hydrogens is 216 g/mol. The average Bonchev–Trinajstić information content (AvgIpc) is 2.33. The first-order valence-corrected chi connectivity index (χ1v) is 6.27. The molecule has 0 N–H and O–H groups in total. The van der Waals surface area contributed by atoms with Gasteiger partial charge in [0.25, 0.3) is 0 Å². The van der Waals surface area contributed by atoms with Crippen LogP contribution in [0.1, 0.15) is 25.7 Å². The molecule has 0 radical (unpaired) electrons. The van der Waals surface area contributed by atoms with Crippen molar-refractivity contribution < 1.29 is 14.2 Å². The maximum atomic E-state index is 5.41. The van der Waals surface area contributed by atoms with Gasteiger partial charge in [-0.15, -0.1) is 0 Å². The highest BCUT2D eigenvalue weighted by atomic mass is 16.5. The standard InChI is InChI=1S/C14H22O3/c1-3-15-9-13(10-16-4-2)5-7-14(8-6-13)11-17-12-14/h3-4H,1-2,5-12H2. The number of hydrogen-bond acceptors (Lipinski definition) is 3. The van der Waals surface area contributed by atoms with Crippen LogP contribution >= 0.6 is 0 Å². The van der Waals surface area contributed by atoms with E-state index in [0.717, 1.165) is 26.1 Å². The first kappa shape index (κ1) is 12.5. The first-order chi connectivity index (χ1) is 8.24. The van der Waals surface area contributed by atoms with Gasteiger partial charge in [0.15, 0.2) is 0 Å². The van der Waals surface area contributed by atoms with E-state index in [1.54, 1.807) is 0 Å². The highest BCUT2D eigenvalue weighted by Crippen LogP contribution is 2.49. The van der Waals surface area contributed by atoms with Crippen LogP contribution < -0.4 is 0 Å². The third-order valence-corrected chi connectivity index (χ3v) is 4.20. The Labute approximate surface area is 103 Å². The minimum atomic E-state index is 0.128. The van der Waals surface area contributed by atoms with Gasteiger partial charge in [-0.3, -0.25) is 0 Å². The molecule has 1 saturated heterocycles. The predicted molar refractivity (Wildman–Crippen MR) is 66.5 cm³/mol. The van der Waals surface area contributed by atoms with E-state index in [4.69, 9.17) is 14.2 Å². The summed E-state index contributed by atoms with van der Waals surface area (Å²) in [5.74, 6) is 0. The molecule has 0 aromatic carbocycles. The van der Waals surface area contributed by atoms with Crippen molar-refractivity contribution in [1.29, 1.82) is 0 Å². The van der Waals surface area contributed by atoms with Crippen molar-refractivity contribution in [2.24, 2.45) is 10.8 Å². The summed E-state index contributed by atoms with van der Waals surface area (Å²) in [6.07, 6.45) is 7.75. The molecule has 96 valence electrons. The van der Waals surface area contributed by atoms with Crippen LogP contribution in [0, 0.1) is 10.8 Å². The second-order valence-corrected chi connectivity index (χ2v) is 5.45. The van der Waals surface area contributed by atoms with Gasteiger partial charge in [-0.05, 0) is 25.7 Å². The molecule has 0 amide bonds. The highest BCUT2D eigenvalue weighted by molar-refractivity contribution is 4.96. The molecule has 2 aliphatic rings. The van der Waals surface area contributed by atoms with Crippen LogP contribution in [0.3, 0.4) is 0 Å². The van der Waals surface area contributed by atoms with Gasteiger partial charge in [0.2, 0.25) is 0 Å². The van der Waals surface area contributed by atoms with Crippen molar-refractivity contribution in [3.63, 3.8) is 0 Å². The Bertz CT molecular complexity index is 257. The predicted octanol–water partition coefficient (Wildman–Crippen LogP) is 2.88. The summed E-state index contributed by atoms with van der Waals surface area (Å²) < 4.78 is 16.2. The maximum Gasteiger partial charge on any atom is 0.0961 e. The zero-order chi connectivity index (χ0) is 12.2. The maximum absolute atomic E-state index is 5.41. The second-order valence-electron chi connectivity index (χ2n) is 5.45. The fourth-order valence-corrected chi connectivity index (χ4v) is 2.79. The average molecular weight is 238 g/mol. The van der Waals surface area contributed by atoms with E-state index in [9.17, 15) is 0 Å². The molecule has 2 fully saturated rings. The third-order valence-electron chi connectivity index (χ3n) is 4.20. The van der Waals surface area contributed by atoms with E-state index in [1.807, 2.05) is 0 Å². The molecule has 1 saturated carbocycles. The van der Waals surface area contributed by atoms with Crippen molar-refractivity contribution in [1.82, 2.24) is 0 Å². The van der Waals surface area contributed by atoms with Crippen LogP contribution in [0.25, 0.3) is 0 Å². The van der Waals surface area contributed by atoms with Gasteiger partial charge in [-0.1, -0.05) is 13.2 Å². The molecule has 0 aromatic rings. The van der Waals surface area contributed by atoms with E-state index in [2.05, 4.69) is 13.2 Å². The van der Waals surface area contributed by atoms with Crippen LogP contribution in [-0.2, 0) is 14.2 Å². The van der Waals surface area contributed by atoms with Crippen molar-refractivity contribution in [3.8, 4) is 0 Å². The molecule has 3 nitrogen and oxygen atoms in total. The van der Waals surface area contributed by atoms with Crippen molar-refractivity contribution in [2.75, 3.05) is 26.4 Å². The fourth-order valence-electron chi connectivity index (χ4n) is 2.79. The lowest BCUT2D eigenvalue weighted by atomic mass is 9.63. The zero-order valence-electron chi connectivity index (χ0n) is 10.5. The molecule has 0 unspecified atom stereocenters. The smallest absolute Gasteiger partial charge is 0.0961 e. The Hall–Kier alpha value is -0.960. The summed E-state index contributed by atoms with van der Waals surface area (Å²) in [6.45, 7) is 10.5. The van der Waals surface area contributed by atoms with Crippen LogP contribution in [0.2, 0.25) is 0 Å². The Kier molecular flexibility index (Phi) is 3.77. The normalized spacial score (nSPS) is 24.7. The van der Waals surface area contributed by atoms with E-state index >= 15 is 0 Å². The molecule has 2 rings (SSSR count). The van der Waals surface area contributed by atoms with Crippen molar-refractivity contribution in [2.45, 2.75) is 25.7 Å². The zero-order valence-corrected chi connectivity index (χ0v) is 10.5. The molecule has 17 heavy (non-hydrogen) atoms. The highest BCUT2D eigenvalue weighted by Gasteiger charge is 2.47. The van der Waals surface area contributed by atoms with E-state index in [-0.39, 0.29) is 5.41 Å². The number of ether oxygens (including phenoxy) is 3. The van der Waals surface area contributed by atoms with Crippen LogP contribution in [0.5, 0.6) is 0 Å². The van der Waals surface area contributed by atoms with Gasteiger partial charge in [-0.2, -0.15) is 0 Å². The summed E-state index contributed by atoms with van der Waals surface area (Å²) in [5.41, 5.74) is 0.592. The molecule has 1 spiro atoms. The van der Waals surface area contributed by atoms with E-state index in [0.29, 0.717) is 18.6 Å². The molecule has 0 bridgehead atoms. The minimum absolute atomic E-state index is 0.128. The fraction of sp³-hybridized carbons (Fsp3) is 0.714. The summed E-state index contributed by atoms with van der Waals surface area (Å²) in [4.78, 5) is 0. The van der Waals surface area contributed by atoms with Gasteiger partial charge in [0.05, 0.1) is 39.0 Å². The molecule has 1 aliphatic carbocycles. The number of rotatable bonds is 6. The molecule has 3 heteroatoms. The third kappa shape index (κ3) is 2.65. The van der Waals surface area contributed by atoms with Crippen LogP contribution in [0.4, 0.5) is 0 Å². The van der Waals surface area contributed by atoms with Crippen molar-refractivity contribution in [3.05, 3.63) is 25.7 Å². The molecule has 1 heterocycles. The van der Waals surface area contributed by atoms with Crippen LogP contribution in [-0.4, -0.2) is 26.4 Å². The van der Waals surface area contributed by atoms with Gasteiger partial charge in [-0.25, -0.2) is 0 Å². The van der Waals surface area contributed by atoms with E-state index < -0.39 is 0 Å². The first-order valence-electron chi connectivity index (χ1n) is 6.27. The summed E-state index contributed by atoms with van der Waals surface area (Å²) in [6, 6.07) is 0. The Morgan fingerprint density at radius 2 is 1.47 bits per heavy atom. The molecule has 0 aromatic heterocycles. The SMILES string of the molecule is C=COCC1(COC=C)CCC2(CC1)COC2. The van der Waals surface area contributed by atoms with Crippen molar-refractivity contribution >= 4 is 0 Å². The topological polar surface area (TPSA) is 27.7 Å². The van der Waals surface area contributed by atoms with Crippen LogP contribution in [0.15, 0.2) is 25.7 Å². The van der Waals surface area contributed by atoms with Gasteiger partial charge in [0, 0.05) is 10.8 Å². The molecule has 1 aliphatic heterocycles. The van der Waals surface area contributed by atoms with E-state index in [1.165, 1.54) is 25.4 Å². The Morgan fingerprint density at radius 3 is 1.82 bits per heavy atom. The summed E-state index contributed by atoms with van der Waals surface area (Å²) in [5, 5.41) is 0. The number of hydrogen-bond donors (Lipinski definition) is 0. The van der Waals surface area contributed by atoms with Gasteiger partial charge < -0.3 is 14.2 Å².